The van der Waals surface area contributed by atoms with Gasteiger partial charge in [0.1, 0.15) is 0 Å². The van der Waals surface area contributed by atoms with Crippen molar-refractivity contribution in [2.75, 3.05) is 0 Å². The maximum absolute atomic E-state index is 2.48. The summed E-state index contributed by atoms with van der Waals surface area (Å²) in [4.78, 5) is 4.96. The summed E-state index contributed by atoms with van der Waals surface area (Å²) in [6.07, 6.45) is 32.7. The zero-order chi connectivity index (χ0) is 27.7. The number of nitrogens with zero attached hydrogens (tertiary/aromatic N) is 4. The molecule has 9 heteroatoms. The largest absolute Gasteiger partial charge is 1.00 e. The predicted octanol–water partition coefficient (Wildman–Crippen LogP) is -1.30. The van der Waals surface area contributed by atoms with Crippen LogP contribution in [0.1, 0.15) is 107 Å². The average Bonchev–Trinajstić information content (AvgIpc) is 3.59. The number of rotatable bonds is 6. The van der Waals surface area contributed by atoms with E-state index in [2.05, 4.69) is 136 Å². The maximum Gasteiger partial charge on any atom is 0.163 e. The predicted molar refractivity (Wildman–Crippen MR) is 176 cm³/mol. The van der Waals surface area contributed by atoms with Gasteiger partial charge in [-0.25, -0.2) is 9.15 Å². The zero-order valence-corrected chi connectivity index (χ0v) is 29.6. The van der Waals surface area contributed by atoms with Gasteiger partial charge in [-0.3, -0.25) is 0 Å². The van der Waals surface area contributed by atoms with Gasteiger partial charge < -0.3 is 51.0 Å². The van der Waals surface area contributed by atoms with E-state index in [1.54, 1.807) is 0 Å². The van der Waals surface area contributed by atoms with Gasteiger partial charge in [0.05, 0.1) is 0 Å². The third kappa shape index (κ3) is 13.5. The van der Waals surface area contributed by atoms with E-state index in [-0.39, 0.29) is 41.2 Å². The van der Waals surface area contributed by atoms with E-state index in [1.807, 2.05) is 0 Å². The standard InChI is InChI=1S/2C17H29N2.2ClH.3H2O/c2*1-14-8-9-15(2)18(14)12-6-5-7-13-19-16(3)10-11-17(19)4;;;;;/h2*5-7,12-17H,8-11H2,1-4H3;2*1H;3*1H2/q2*+1;;;;;/p-2. The second-order valence-corrected chi connectivity index (χ2v) is 12.6. The Labute approximate surface area is 275 Å². The first-order chi connectivity index (χ1) is 18.2. The highest BCUT2D eigenvalue weighted by Crippen LogP contribution is 2.24. The van der Waals surface area contributed by atoms with E-state index in [0.717, 1.165) is 0 Å². The summed E-state index contributed by atoms with van der Waals surface area (Å²) in [6, 6.07) is 5.57. The molecule has 0 aliphatic carbocycles. The Hall–Kier alpha value is -1.64. The van der Waals surface area contributed by atoms with Gasteiger partial charge in [0, 0.05) is 62.0 Å². The van der Waals surface area contributed by atoms with E-state index < -0.39 is 0 Å². The lowest BCUT2D eigenvalue weighted by molar-refractivity contribution is -0.567. The van der Waals surface area contributed by atoms with Crippen LogP contribution in [0.15, 0.2) is 48.9 Å². The fraction of sp³-hybridized carbons (Fsp3) is 0.706. The highest BCUT2D eigenvalue weighted by molar-refractivity contribution is 5.67. The lowest BCUT2D eigenvalue weighted by atomic mass is 10.2. The Morgan fingerprint density at radius 2 is 0.651 bits per heavy atom. The second kappa shape index (κ2) is 22.8. The van der Waals surface area contributed by atoms with Crippen LogP contribution in [0.4, 0.5) is 0 Å². The molecular weight excluding hydrogens is 583 g/mol. The molecule has 252 valence electrons. The molecule has 0 bridgehead atoms. The Kier molecular flexibility index (Phi) is 24.3. The molecule has 0 spiro atoms. The third-order valence-corrected chi connectivity index (χ3v) is 9.56. The average molecular weight is 648 g/mol. The quantitative estimate of drug-likeness (QED) is 0.264. The molecule has 4 saturated heterocycles. The highest BCUT2D eigenvalue weighted by atomic mass is 35.5. The van der Waals surface area contributed by atoms with Crippen molar-refractivity contribution in [2.45, 2.75) is 155 Å². The minimum Gasteiger partial charge on any atom is -1.00 e. The smallest absolute Gasteiger partial charge is 0.163 e. The molecule has 8 unspecified atom stereocenters. The molecule has 4 fully saturated rings. The normalized spacial score (nSPS) is 31.8. The van der Waals surface area contributed by atoms with Crippen LogP contribution in [0.3, 0.4) is 0 Å². The van der Waals surface area contributed by atoms with Crippen molar-refractivity contribution in [3.8, 4) is 0 Å². The summed E-state index contributed by atoms with van der Waals surface area (Å²) >= 11 is 0. The molecule has 4 aliphatic rings. The molecule has 0 amide bonds. The Morgan fingerprint density at radius 3 is 0.907 bits per heavy atom. The number of halogens is 2. The summed E-state index contributed by atoms with van der Waals surface area (Å²) in [5, 5.41) is 0. The first-order valence-electron chi connectivity index (χ1n) is 15.6. The van der Waals surface area contributed by atoms with Crippen LogP contribution in [-0.2, 0) is 0 Å². The van der Waals surface area contributed by atoms with Crippen molar-refractivity contribution >= 4 is 12.4 Å². The first kappa shape index (κ1) is 45.8. The fourth-order valence-electron chi connectivity index (χ4n) is 6.76. The summed E-state index contributed by atoms with van der Waals surface area (Å²) in [5.41, 5.74) is 0. The van der Waals surface area contributed by atoms with Crippen molar-refractivity contribution in [3.05, 3.63) is 48.9 Å². The van der Waals surface area contributed by atoms with Gasteiger partial charge in [-0.15, -0.1) is 0 Å². The Morgan fingerprint density at radius 1 is 0.395 bits per heavy atom. The fourth-order valence-corrected chi connectivity index (χ4v) is 6.76. The van der Waals surface area contributed by atoms with Gasteiger partial charge in [0.2, 0.25) is 0 Å². The van der Waals surface area contributed by atoms with Crippen molar-refractivity contribution in [3.63, 3.8) is 0 Å². The van der Waals surface area contributed by atoms with E-state index in [1.165, 1.54) is 51.4 Å². The SMILES string of the molecule is CC1CCC(C)N1C=CC=CC=[N+]1C(C)CCC1C.CC1CCC(C)N1C=CC=CC=[N+]1C(C)CCC1C.O.O.O.[Cl-].[Cl-]. The number of likely N-dealkylation sites (tertiary alicyclic amines) is 2. The maximum atomic E-state index is 2.48. The van der Waals surface area contributed by atoms with Crippen LogP contribution in [0.5, 0.6) is 0 Å². The topological polar surface area (TPSA) is 107 Å². The van der Waals surface area contributed by atoms with Crippen LogP contribution in [-0.4, -0.2) is 96.1 Å². The molecule has 7 nitrogen and oxygen atoms in total. The molecule has 4 rings (SSSR count). The van der Waals surface area contributed by atoms with E-state index in [0.29, 0.717) is 48.3 Å². The monoisotopic (exact) mass is 646 g/mol. The van der Waals surface area contributed by atoms with Gasteiger partial charge in [-0.1, -0.05) is 12.2 Å². The first-order valence-corrected chi connectivity index (χ1v) is 15.6. The molecule has 43 heavy (non-hydrogen) atoms. The Bertz CT molecular complexity index is 819. The lowest BCUT2D eigenvalue weighted by Gasteiger charge is -2.23. The number of hydrogen-bond donors (Lipinski definition) is 0. The molecule has 4 aliphatic heterocycles. The van der Waals surface area contributed by atoms with Crippen molar-refractivity contribution in [1.82, 2.24) is 9.80 Å². The van der Waals surface area contributed by atoms with Gasteiger partial charge in [-0.2, -0.15) is 0 Å². The summed E-state index contributed by atoms with van der Waals surface area (Å²) in [6.45, 7) is 18.5. The van der Waals surface area contributed by atoms with Crippen molar-refractivity contribution in [2.24, 2.45) is 0 Å². The molecule has 0 aromatic rings. The van der Waals surface area contributed by atoms with Crippen molar-refractivity contribution in [1.29, 1.82) is 0 Å². The molecule has 0 saturated carbocycles. The molecule has 8 atom stereocenters. The molecule has 6 N–H and O–H groups in total. The molecule has 4 heterocycles. The van der Waals surface area contributed by atoms with Crippen molar-refractivity contribution < 1.29 is 50.4 Å². The molecule has 0 aromatic heterocycles. The van der Waals surface area contributed by atoms with E-state index in [4.69, 9.17) is 0 Å². The van der Waals surface area contributed by atoms with Gasteiger partial charge in [-0.05, 0) is 106 Å². The minimum absolute atomic E-state index is 0. The van der Waals surface area contributed by atoms with Crippen LogP contribution in [0, 0.1) is 0 Å². The highest BCUT2D eigenvalue weighted by Gasteiger charge is 2.30. The molecule has 0 aromatic carbocycles. The molecular formula is C34H64Cl2N4O3. The second-order valence-electron chi connectivity index (χ2n) is 12.6. The van der Waals surface area contributed by atoms with Gasteiger partial charge in [0.25, 0.3) is 0 Å². The summed E-state index contributed by atoms with van der Waals surface area (Å²) < 4.78 is 4.96. The van der Waals surface area contributed by atoms with E-state index in [9.17, 15) is 0 Å². The van der Waals surface area contributed by atoms with Crippen LogP contribution in [0.2, 0.25) is 0 Å². The molecule has 0 radical (unpaired) electrons. The van der Waals surface area contributed by atoms with Crippen LogP contribution >= 0.6 is 0 Å². The summed E-state index contributed by atoms with van der Waals surface area (Å²) in [5.74, 6) is 0. The number of hydrogen-bond acceptors (Lipinski definition) is 2. The summed E-state index contributed by atoms with van der Waals surface area (Å²) in [7, 11) is 0. The minimum atomic E-state index is 0. The van der Waals surface area contributed by atoms with Gasteiger partial charge in [0.15, 0.2) is 36.6 Å². The van der Waals surface area contributed by atoms with Crippen LogP contribution < -0.4 is 24.8 Å². The Balaban J connectivity index is -0.000000667. The number of allylic oxidation sites excluding steroid dienone is 6. The lowest BCUT2D eigenvalue weighted by Crippen LogP contribution is -3.00. The van der Waals surface area contributed by atoms with E-state index >= 15 is 0 Å². The van der Waals surface area contributed by atoms with Gasteiger partial charge >= 0.3 is 0 Å². The van der Waals surface area contributed by atoms with Crippen LogP contribution in [0.25, 0.3) is 0 Å². The third-order valence-electron chi connectivity index (χ3n) is 9.56. The zero-order valence-electron chi connectivity index (χ0n) is 28.1.